The first-order chi connectivity index (χ1) is 11.7. The highest BCUT2D eigenvalue weighted by Gasteiger charge is 2.18. The Morgan fingerprint density at radius 1 is 0.667 bits per heavy atom. The molecule has 0 aliphatic carbocycles. The summed E-state index contributed by atoms with van der Waals surface area (Å²) >= 11 is 0. The van der Waals surface area contributed by atoms with Crippen LogP contribution in [0, 0.1) is 0 Å². The number of unbranched alkanes of at least 4 members (excludes halogenated alkanes) is 11. The molecule has 0 unspecified atom stereocenters. The highest BCUT2D eigenvalue weighted by Crippen LogP contribution is 2.19. The maximum Gasteiger partial charge on any atom is 0.0377 e. The molecule has 3 nitrogen and oxygen atoms in total. The normalized spacial score (nSPS) is 10.5. The fourth-order valence-corrected chi connectivity index (χ4v) is 3.32. The van der Waals surface area contributed by atoms with E-state index in [1.54, 1.807) is 0 Å². The van der Waals surface area contributed by atoms with Gasteiger partial charge in [-0.05, 0) is 32.4 Å². The van der Waals surface area contributed by atoms with Crippen molar-refractivity contribution in [1.82, 2.24) is 5.32 Å². The summed E-state index contributed by atoms with van der Waals surface area (Å²) in [5.74, 6) is 0. The molecule has 162 valence electrons. The molecule has 1 aromatic rings. The Morgan fingerprint density at radius 2 is 1.07 bits per heavy atom. The lowest BCUT2D eigenvalue weighted by Crippen LogP contribution is -2.37. The predicted molar refractivity (Wildman–Crippen MR) is 123 cm³/mol. The Hall–Kier alpha value is -0.610. The third-order valence-corrected chi connectivity index (χ3v) is 5.09. The van der Waals surface area contributed by atoms with E-state index >= 15 is 0 Å². The maximum atomic E-state index is 3.71. The molecule has 0 saturated heterocycles. The Bertz CT molecular complexity index is 399. The van der Waals surface area contributed by atoms with Crippen molar-refractivity contribution in [3.05, 3.63) is 35.9 Å². The summed E-state index contributed by atoms with van der Waals surface area (Å²) in [5.41, 5.74) is 1.46. The van der Waals surface area contributed by atoms with Gasteiger partial charge in [-0.25, -0.2) is 0 Å². The van der Waals surface area contributed by atoms with Gasteiger partial charge >= 0.3 is 0 Å². The monoisotopic (exact) mass is 403 g/mol. The molecule has 0 heterocycles. The summed E-state index contributed by atoms with van der Waals surface area (Å²) in [6.07, 6.45) is 17.0. The Morgan fingerprint density at radius 3 is 1.52 bits per heavy atom. The largest absolute Gasteiger partial charge is 0.412 e. The van der Waals surface area contributed by atoms with Gasteiger partial charge in [-0.1, -0.05) is 108 Å². The van der Waals surface area contributed by atoms with Crippen LogP contribution in [0.1, 0.15) is 103 Å². The summed E-state index contributed by atoms with van der Waals surface area (Å²) in [6, 6.07) is 10.8. The van der Waals surface area contributed by atoms with Gasteiger partial charge in [0.05, 0.1) is 0 Å². The van der Waals surface area contributed by atoms with E-state index in [4.69, 9.17) is 0 Å². The molecule has 0 spiro atoms. The van der Waals surface area contributed by atoms with E-state index < -0.39 is 0 Å². The second-order valence-corrected chi connectivity index (χ2v) is 7.81. The van der Waals surface area contributed by atoms with Crippen LogP contribution in [-0.4, -0.2) is 17.5 Å². The molecule has 1 rings (SSSR count). The third kappa shape index (κ3) is 16.1. The number of nitrogens with one attached hydrogen (secondary N) is 1. The molecule has 4 heteroatoms. The fourth-order valence-electron chi connectivity index (χ4n) is 3.32. The van der Waals surface area contributed by atoms with Gasteiger partial charge in [-0.3, -0.25) is 0 Å². The summed E-state index contributed by atoms with van der Waals surface area (Å²) in [5, 5.41) is 3.71. The molecule has 1 aromatic carbocycles. The van der Waals surface area contributed by atoms with Crippen molar-refractivity contribution in [1.29, 1.82) is 0 Å². The van der Waals surface area contributed by atoms with Crippen molar-refractivity contribution in [2.75, 3.05) is 6.54 Å². The van der Waals surface area contributed by atoms with E-state index in [1.807, 2.05) is 0 Å². The molecule has 0 amide bonds. The second-order valence-electron chi connectivity index (χ2n) is 7.81. The van der Waals surface area contributed by atoms with E-state index in [9.17, 15) is 0 Å². The van der Waals surface area contributed by atoms with Crippen LogP contribution in [0.3, 0.4) is 0 Å². The topological polar surface area (TPSA) is 75.0 Å². The van der Waals surface area contributed by atoms with Crippen molar-refractivity contribution in [2.45, 2.75) is 103 Å². The van der Waals surface area contributed by atoms with E-state index in [0.29, 0.717) is 0 Å². The molecule has 0 aromatic heterocycles. The lowest BCUT2D eigenvalue weighted by Gasteiger charge is -2.27. The van der Waals surface area contributed by atoms with Crippen LogP contribution in [0.5, 0.6) is 0 Å². The van der Waals surface area contributed by atoms with Crippen LogP contribution < -0.4 is 5.32 Å². The number of hydrogen-bond acceptors (Lipinski definition) is 1. The van der Waals surface area contributed by atoms with E-state index in [0.717, 1.165) is 6.54 Å². The molecule has 0 saturated carbocycles. The Labute approximate surface area is 174 Å². The molecule has 0 radical (unpaired) electrons. The highest BCUT2D eigenvalue weighted by atomic mass is 35.5. The average Bonchev–Trinajstić information content (AvgIpc) is 2.60. The van der Waals surface area contributed by atoms with Gasteiger partial charge < -0.3 is 16.3 Å². The van der Waals surface area contributed by atoms with Crippen molar-refractivity contribution < 1.29 is 11.0 Å². The molecule has 0 fully saturated rings. The van der Waals surface area contributed by atoms with Crippen molar-refractivity contribution >= 4 is 12.4 Å². The fraction of sp³-hybridized carbons (Fsp3) is 0.739. The first-order valence-electron chi connectivity index (χ1n) is 10.5. The third-order valence-electron chi connectivity index (χ3n) is 5.09. The summed E-state index contributed by atoms with van der Waals surface area (Å²) in [7, 11) is 0. The summed E-state index contributed by atoms with van der Waals surface area (Å²) < 4.78 is 0. The van der Waals surface area contributed by atoms with Crippen LogP contribution >= 0.6 is 12.4 Å². The predicted octanol–water partition coefficient (Wildman–Crippen LogP) is 5.98. The zero-order valence-electron chi connectivity index (χ0n) is 18.0. The van der Waals surface area contributed by atoms with Gasteiger partial charge in [0.15, 0.2) is 0 Å². The van der Waals surface area contributed by atoms with E-state index in [-0.39, 0.29) is 28.9 Å². The minimum absolute atomic E-state index is 0. The molecule has 27 heavy (non-hydrogen) atoms. The van der Waals surface area contributed by atoms with E-state index in [1.165, 1.54) is 82.6 Å². The Balaban J connectivity index is -0.00000192. The lowest BCUT2D eigenvalue weighted by atomic mass is 9.94. The second kappa shape index (κ2) is 20.1. The standard InChI is InChI=1S/C23H41N.ClH.2H2O/c1-4-5-6-7-8-9-10-11-12-13-14-18-21-24-23(2,3)22-19-16-15-17-20-22;;;/h15-17,19-20,24H,4-14,18,21H2,1-3H3;1H;2*1H2. The number of benzene rings is 1. The first-order valence-corrected chi connectivity index (χ1v) is 10.5. The smallest absolute Gasteiger partial charge is 0.0377 e. The minimum atomic E-state index is 0. The van der Waals surface area contributed by atoms with Crippen LogP contribution in [0.4, 0.5) is 0 Å². The van der Waals surface area contributed by atoms with Gasteiger partial charge in [0.2, 0.25) is 0 Å². The molecular weight excluding hydrogens is 358 g/mol. The zero-order valence-corrected chi connectivity index (χ0v) is 18.8. The van der Waals surface area contributed by atoms with Crippen molar-refractivity contribution in [3.63, 3.8) is 0 Å². The van der Waals surface area contributed by atoms with Crippen LogP contribution in [-0.2, 0) is 5.54 Å². The van der Waals surface area contributed by atoms with Crippen molar-refractivity contribution in [3.8, 4) is 0 Å². The zero-order chi connectivity index (χ0) is 17.5. The van der Waals surface area contributed by atoms with Crippen LogP contribution in [0.25, 0.3) is 0 Å². The summed E-state index contributed by atoms with van der Waals surface area (Å²) in [4.78, 5) is 0. The molecular formula is C23H46ClNO2. The Kier molecular flexibility index (Phi) is 23.2. The molecule has 0 aliphatic heterocycles. The van der Waals surface area contributed by atoms with E-state index in [2.05, 4.69) is 56.4 Å². The number of hydrogen-bond donors (Lipinski definition) is 1. The average molecular weight is 404 g/mol. The molecule has 0 bridgehead atoms. The lowest BCUT2D eigenvalue weighted by molar-refractivity contribution is 0.394. The van der Waals surface area contributed by atoms with Gasteiger partial charge in [-0.15, -0.1) is 12.4 Å². The maximum absolute atomic E-state index is 3.71. The molecule has 0 atom stereocenters. The molecule has 0 aliphatic rings. The van der Waals surface area contributed by atoms with Gasteiger partial charge in [0.25, 0.3) is 0 Å². The van der Waals surface area contributed by atoms with Crippen LogP contribution in [0.15, 0.2) is 30.3 Å². The number of halogens is 1. The van der Waals surface area contributed by atoms with Crippen LogP contribution in [0.2, 0.25) is 0 Å². The van der Waals surface area contributed by atoms with Gasteiger partial charge in [0, 0.05) is 5.54 Å². The SMILES string of the molecule is CCCCCCCCCCCCCCNC(C)(C)c1ccccc1.Cl.O.O. The van der Waals surface area contributed by atoms with Gasteiger partial charge in [-0.2, -0.15) is 0 Å². The molecule has 5 N–H and O–H groups in total. The number of rotatable bonds is 15. The minimum Gasteiger partial charge on any atom is -0.412 e. The van der Waals surface area contributed by atoms with Crippen molar-refractivity contribution in [2.24, 2.45) is 0 Å². The quantitative estimate of drug-likeness (QED) is 0.359. The summed E-state index contributed by atoms with van der Waals surface area (Å²) in [6.45, 7) is 7.98. The highest BCUT2D eigenvalue weighted by molar-refractivity contribution is 5.85. The first kappa shape index (κ1) is 31.1. The van der Waals surface area contributed by atoms with Gasteiger partial charge in [0.1, 0.15) is 0 Å².